The van der Waals surface area contributed by atoms with Gasteiger partial charge >= 0.3 is 0 Å². The molecule has 1 saturated heterocycles. The van der Waals surface area contributed by atoms with Gasteiger partial charge in [0.25, 0.3) is 0 Å². The zero-order chi connectivity index (χ0) is 21.6. The maximum absolute atomic E-state index is 12.3. The van der Waals surface area contributed by atoms with Gasteiger partial charge in [0, 0.05) is 23.8 Å². The predicted octanol–water partition coefficient (Wildman–Crippen LogP) is 2.97. The number of aromatic nitrogens is 1. The lowest BCUT2D eigenvalue weighted by Gasteiger charge is -2.35. The fraction of sp³-hybridized carbons (Fsp3) is 0.773. The van der Waals surface area contributed by atoms with Crippen LogP contribution in [-0.2, 0) is 14.8 Å². The molecule has 1 aromatic heterocycles. The Morgan fingerprint density at radius 1 is 1.23 bits per heavy atom. The van der Waals surface area contributed by atoms with E-state index in [1.807, 2.05) is 13.0 Å². The quantitative estimate of drug-likeness (QED) is 0.615. The second-order valence-corrected chi connectivity index (χ2v) is 10.9. The molecule has 0 aromatic carbocycles. The first kappa shape index (κ1) is 23.4. The Balaban J connectivity index is 1.50. The summed E-state index contributed by atoms with van der Waals surface area (Å²) in [6.07, 6.45) is 7.93. The van der Waals surface area contributed by atoms with E-state index in [1.54, 1.807) is 20.0 Å². The smallest absolute Gasteiger partial charge is 0.216 e. The number of pyridine rings is 1. The third-order valence-corrected chi connectivity index (χ3v) is 8.10. The van der Waals surface area contributed by atoms with E-state index in [4.69, 9.17) is 9.47 Å². The van der Waals surface area contributed by atoms with Crippen LogP contribution in [0.3, 0.4) is 0 Å². The van der Waals surface area contributed by atoms with Crippen molar-refractivity contribution < 1.29 is 17.9 Å². The monoisotopic (exact) mass is 439 g/mol. The summed E-state index contributed by atoms with van der Waals surface area (Å²) < 4.78 is 39.4. The number of nitrogens with zero attached hydrogens (tertiary/aromatic N) is 1. The largest absolute Gasteiger partial charge is 0.478 e. The van der Waals surface area contributed by atoms with Crippen molar-refractivity contribution in [1.29, 1.82) is 0 Å². The highest BCUT2D eigenvalue weighted by Gasteiger charge is 2.31. The summed E-state index contributed by atoms with van der Waals surface area (Å²) in [6, 6.07) is 4.02. The van der Waals surface area contributed by atoms with E-state index in [-0.39, 0.29) is 18.2 Å². The molecule has 170 valence electrons. The summed E-state index contributed by atoms with van der Waals surface area (Å²) in [4.78, 5) is 4.39. The van der Waals surface area contributed by atoms with Gasteiger partial charge in [-0.05, 0) is 77.8 Å². The van der Waals surface area contributed by atoms with Gasteiger partial charge in [-0.1, -0.05) is 6.07 Å². The number of hydrogen-bond acceptors (Lipinski definition) is 6. The molecule has 2 N–H and O–H groups in total. The van der Waals surface area contributed by atoms with Crippen molar-refractivity contribution in [3.63, 3.8) is 0 Å². The summed E-state index contributed by atoms with van der Waals surface area (Å²) >= 11 is 0. The first-order valence-electron chi connectivity index (χ1n) is 11.3. The Bertz CT molecular complexity index is 763. The van der Waals surface area contributed by atoms with Crippen LogP contribution in [0.25, 0.3) is 0 Å². The van der Waals surface area contributed by atoms with E-state index in [0.717, 1.165) is 50.9 Å². The van der Waals surface area contributed by atoms with E-state index in [0.29, 0.717) is 19.1 Å². The van der Waals surface area contributed by atoms with E-state index < -0.39 is 15.3 Å². The van der Waals surface area contributed by atoms with Gasteiger partial charge in [0.15, 0.2) is 0 Å². The van der Waals surface area contributed by atoms with Gasteiger partial charge in [-0.3, -0.25) is 0 Å². The predicted molar refractivity (Wildman–Crippen MR) is 118 cm³/mol. The van der Waals surface area contributed by atoms with E-state index in [2.05, 4.69) is 21.1 Å². The van der Waals surface area contributed by atoms with Crippen LogP contribution in [0.4, 0.5) is 0 Å². The molecule has 7 nitrogen and oxygen atoms in total. The molecule has 0 radical (unpaired) electrons. The van der Waals surface area contributed by atoms with Crippen molar-refractivity contribution in [2.45, 2.75) is 88.7 Å². The number of sulfonamides is 1. The summed E-state index contributed by atoms with van der Waals surface area (Å²) in [5, 5.41) is 3.02. The van der Waals surface area contributed by atoms with Gasteiger partial charge in [0.05, 0.1) is 24.6 Å². The van der Waals surface area contributed by atoms with Crippen LogP contribution in [0.15, 0.2) is 18.3 Å². The number of nitrogens with one attached hydrogen (secondary N) is 2. The summed E-state index contributed by atoms with van der Waals surface area (Å²) in [6.45, 7) is 7.47. The van der Waals surface area contributed by atoms with Crippen LogP contribution < -0.4 is 14.8 Å². The molecule has 2 aliphatic rings. The molecule has 1 aliphatic carbocycles. The Kier molecular flexibility index (Phi) is 8.51. The Labute approximate surface area is 181 Å². The highest BCUT2D eigenvalue weighted by atomic mass is 32.2. The minimum atomic E-state index is -3.28. The zero-order valence-electron chi connectivity index (χ0n) is 18.5. The van der Waals surface area contributed by atoms with Gasteiger partial charge in [-0.15, -0.1) is 0 Å². The van der Waals surface area contributed by atoms with E-state index in [9.17, 15) is 8.42 Å². The van der Waals surface area contributed by atoms with E-state index in [1.165, 1.54) is 5.56 Å². The van der Waals surface area contributed by atoms with Gasteiger partial charge in [-0.2, -0.15) is 0 Å². The van der Waals surface area contributed by atoms with Crippen molar-refractivity contribution >= 4 is 10.0 Å². The van der Waals surface area contributed by atoms with Crippen LogP contribution in [0, 0.1) is 0 Å². The summed E-state index contributed by atoms with van der Waals surface area (Å²) in [5.74, 6) is 1.22. The third kappa shape index (κ3) is 6.15. The Morgan fingerprint density at radius 3 is 2.70 bits per heavy atom. The number of rotatable bonds is 9. The fourth-order valence-corrected chi connectivity index (χ4v) is 5.34. The molecule has 1 aromatic rings. The molecular weight excluding hydrogens is 402 g/mol. The van der Waals surface area contributed by atoms with Crippen molar-refractivity contribution in [1.82, 2.24) is 15.0 Å². The highest BCUT2D eigenvalue weighted by Crippen LogP contribution is 2.37. The average Bonchev–Trinajstić information content (AvgIpc) is 2.74. The normalized spacial score (nSPS) is 27.9. The topological polar surface area (TPSA) is 89.6 Å². The van der Waals surface area contributed by atoms with Crippen LogP contribution in [-0.4, -0.2) is 56.6 Å². The lowest BCUT2D eigenvalue weighted by molar-refractivity contribution is 0.00505. The molecule has 1 saturated carbocycles. The summed E-state index contributed by atoms with van der Waals surface area (Å²) in [7, 11) is -3.28. The first-order valence-corrected chi connectivity index (χ1v) is 12.9. The molecule has 30 heavy (non-hydrogen) atoms. The molecule has 3 rings (SSSR count). The van der Waals surface area contributed by atoms with Gasteiger partial charge in [0.2, 0.25) is 15.9 Å². The SMILES string of the molecule is CCOc1ncccc1[C@H]1CC[C@@H](OC[C@@H]2NCCC[C@@H]2NS(=O)(=O)C(C)C)CC1. The number of ether oxygens (including phenoxy) is 2. The number of piperidine rings is 1. The molecule has 0 spiro atoms. The Hall–Kier alpha value is -1.22. The van der Waals surface area contributed by atoms with Crippen LogP contribution >= 0.6 is 0 Å². The van der Waals surface area contributed by atoms with Crippen LogP contribution in [0.5, 0.6) is 5.88 Å². The van der Waals surface area contributed by atoms with Gasteiger partial charge in [-0.25, -0.2) is 18.1 Å². The van der Waals surface area contributed by atoms with Gasteiger partial charge < -0.3 is 14.8 Å². The summed E-state index contributed by atoms with van der Waals surface area (Å²) in [5.41, 5.74) is 1.20. The van der Waals surface area contributed by atoms with Crippen molar-refractivity contribution in [3.8, 4) is 5.88 Å². The molecule has 0 amide bonds. The maximum atomic E-state index is 12.3. The highest BCUT2D eigenvalue weighted by molar-refractivity contribution is 7.90. The molecular formula is C22H37N3O4S. The second kappa shape index (κ2) is 10.9. The standard InChI is InChI=1S/C22H37N3O4S/c1-4-28-22-19(7-5-14-24-22)17-9-11-18(12-10-17)29-15-21-20(8-6-13-23-21)25-30(26,27)16(2)3/h5,7,14,16-18,20-21,23,25H,4,6,8-13,15H2,1-3H3/t17-,18+,20-,21-/m0/s1. The first-order chi connectivity index (χ1) is 14.4. The lowest BCUT2D eigenvalue weighted by atomic mass is 9.83. The van der Waals surface area contributed by atoms with Crippen molar-refractivity contribution in [2.24, 2.45) is 0 Å². The maximum Gasteiger partial charge on any atom is 0.216 e. The minimum Gasteiger partial charge on any atom is -0.478 e. The Morgan fingerprint density at radius 2 is 2.00 bits per heavy atom. The minimum absolute atomic E-state index is 0.0212. The van der Waals surface area contributed by atoms with Gasteiger partial charge in [0.1, 0.15) is 0 Å². The van der Waals surface area contributed by atoms with Crippen LogP contribution in [0.2, 0.25) is 0 Å². The number of hydrogen-bond donors (Lipinski definition) is 2. The second-order valence-electron chi connectivity index (χ2n) is 8.66. The average molecular weight is 440 g/mol. The molecule has 1 aliphatic heterocycles. The van der Waals surface area contributed by atoms with Crippen LogP contribution in [0.1, 0.15) is 70.8 Å². The fourth-order valence-electron chi connectivity index (χ4n) is 4.37. The molecule has 0 unspecified atom stereocenters. The molecule has 0 bridgehead atoms. The molecule has 2 fully saturated rings. The molecule has 2 heterocycles. The third-order valence-electron chi connectivity index (χ3n) is 6.23. The van der Waals surface area contributed by atoms with Crippen molar-refractivity contribution in [3.05, 3.63) is 23.9 Å². The molecule has 2 atom stereocenters. The van der Waals surface area contributed by atoms with Crippen molar-refractivity contribution in [2.75, 3.05) is 19.8 Å². The zero-order valence-corrected chi connectivity index (χ0v) is 19.3. The van der Waals surface area contributed by atoms with E-state index >= 15 is 0 Å². The molecule has 8 heteroatoms. The lowest BCUT2D eigenvalue weighted by Crippen LogP contribution is -2.56.